The highest BCUT2D eigenvalue weighted by atomic mass is 15.3. The smallest absolute Gasteiger partial charge is 0.286 e. The Morgan fingerprint density at radius 3 is 1.82 bits per heavy atom. The number of benzene rings is 1. The third-order valence-corrected chi connectivity index (χ3v) is 2.65. The summed E-state index contributed by atoms with van der Waals surface area (Å²) in [7, 11) is 0. The maximum Gasteiger partial charge on any atom is 0.453 e. The summed E-state index contributed by atoms with van der Waals surface area (Å²) in [5, 5.41) is 8.61. The summed E-state index contributed by atoms with van der Waals surface area (Å²) < 4.78 is 3.78. The molecule has 1 aromatic carbocycles. The van der Waals surface area contributed by atoms with Gasteiger partial charge in [0.15, 0.2) is 0 Å². The van der Waals surface area contributed by atoms with Gasteiger partial charge in [-0.3, -0.25) is 9.19 Å². The quantitative estimate of drug-likeness (QED) is 0.616. The van der Waals surface area contributed by atoms with Crippen LogP contribution in [0.2, 0.25) is 0 Å². The van der Waals surface area contributed by atoms with Crippen molar-refractivity contribution in [2.75, 3.05) is 0 Å². The van der Waals surface area contributed by atoms with E-state index in [4.69, 9.17) is 0 Å². The molecule has 17 heavy (non-hydrogen) atoms. The largest absolute Gasteiger partial charge is 0.453 e. The van der Waals surface area contributed by atoms with Gasteiger partial charge in [-0.1, -0.05) is 30.3 Å². The Labute approximate surface area is 99.6 Å². The monoisotopic (exact) mass is 222 g/mol. The van der Waals surface area contributed by atoms with Gasteiger partial charge in [-0.25, -0.2) is 0 Å². The summed E-state index contributed by atoms with van der Waals surface area (Å²) in [4.78, 5) is 0. The molecule has 0 aliphatic carbocycles. The zero-order chi connectivity index (χ0) is 11.5. The lowest BCUT2D eigenvalue weighted by molar-refractivity contribution is 0.865. The Kier molecular flexibility index (Phi) is 2.50. The van der Waals surface area contributed by atoms with Gasteiger partial charge >= 0.3 is 6.98 Å². The van der Waals surface area contributed by atoms with Crippen molar-refractivity contribution < 1.29 is 0 Å². The van der Waals surface area contributed by atoms with E-state index in [2.05, 4.69) is 22.3 Å². The third kappa shape index (κ3) is 1.87. The molecule has 0 amide bonds. The van der Waals surface area contributed by atoms with Crippen molar-refractivity contribution in [2.24, 2.45) is 0 Å². The van der Waals surface area contributed by atoms with E-state index < -0.39 is 0 Å². The maximum absolute atomic E-state index is 4.30. The average molecular weight is 222 g/mol. The highest BCUT2D eigenvalue weighted by Crippen LogP contribution is 1.96. The summed E-state index contributed by atoms with van der Waals surface area (Å²) in [5.41, 5.74) is 1.15. The first-order chi connectivity index (χ1) is 8.45. The normalized spacial score (nSPS) is 10.4. The van der Waals surface area contributed by atoms with Crippen molar-refractivity contribution in [3.8, 4) is 0 Å². The Balaban J connectivity index is 2.10. The molecule has 82 valence electrons. The molecule has 0 N–H and O–H groups in total. The molecule has 2 heterocycles. The van der Waals surface area contributed by atoms with E-state index in [9.17, 15) is 0 Å². The van der Waals surface area contributed by atoms with Gasteiger partial charge < -0.3 is 0 Å². The van der Waals surface area contributed by atoms with Crippen molar-refractivity contribution >= 4 is 12.4 Å². The Bertz CT molecular complexity index is 526. The first-order valence-corrected chi connectivity index (χ1v) is 5.48. The minimum absolute atomic E-state index is 0.0267. The third-order valence-electron chi connectivity index (χ3n) is 2.65. The van der Waals surface area contributed by atoms with Crippen LogP contribution in [-0.4, -0.2) is 26.4 Å². The second-order valence-corrected chi connectivity index (χ2v) is 3.76. The Morgan fingerprint density at radius 2 is 1.35 bits per heavy atom. The molecule has 0 fully saturated rings. The van der Waals surface area contributed by atoms with Gasteiger partial charge in [-0.15, -0.1) is 0 Å². The first kappa shape index (κ1) is 9.90. The van der Waals surface area contributed by atoms with Crippen molar-refractivity contribution in [2.45, 2.75) is 0 Å². The summed E-state index contributed by atoms with van der Waals surface area (Å²) >= 11 is 0. The van der Waals surface area contributed by atoms with E-state index in [0.29, 0.717) is 0 Å². The van der Waals surface area contributed by atoms with Crippen LogP contribution in [0.4, 0.5) is 0 Å². The van der Waals surface area contributed by atoms with E-state index in [0.717, 1.165) is 5.46 Å². The van der Waals surface area contributed by atoms with Gasteiger partial charge in [-0.05, 0) is 17.6 Å². The van der Waals surface area contributed by atoms with Gasteiger partial charge in [0.1, 0.15) is 0 Å². The molecule has 2 aromatic heterocycles. The van der Waals surface area contributed by atoms with E-state index in [1.54, 1.807) is 12.4 Å². The molecule has 3 aromatic rings. The molecule has 0 atom stereocenters. The fourth-order valence-corrected chi connectivity index (χ4v) is 1.90. The predicted molar refractivity (Wildman–Crippen MR) is 67.1 cm³/mol. The number of rotatable bonds is 3. The first-order valence-electron chi connectivity index (χ1n) is 5.48. The lowest BCUT2D eigenvalue weighted by Gasteiger charge is -2.13. The molecule has 0 radical (unpaired) electrons. The molecule has 0 saturated carbocycles. The molecule has 0 aliphatic rings. The van der Waals surface area contributed by atoms with E-state index >= 15 is 0 Å². The Morgan fingerprint density at radius 1 is 0.765 bits per heavy atom. The lowest BCUT2D eigenvalue weighted by Crippen LogP contribution is -2.45. The molecule has 4 nitrogen and oxygen atoms in total. The minimum Gasteiger partial charge on any atom is -0.286 e. The average Bonchev–Trinajstić information content (AvgIpc) is 3.04. The molecule has 0 aliphatic heterocycles. The second kappa shape index (κ2) is 4.29. The second-order valence-electron chi connectivity index (χ2n) is 3.76. The van der Waals surface area contributed by atoms with Crippen LogP contribution in [0.3, 0.4) is 0 Å². The number of hydrogen-bond donors (Lipinski definition) is 0. The zero-order valence-electron chi connectivity index (χ0n) is 9.22. The topological polar surface area (TPSA) is 35.6 Å². The maximum atomic E-state index is 4.30. The van der Waals surface area contributed by atoms with Crippen LogP contribution in [-0.2, 0) is 0 Å². The van der Waals surface area contributed by atoms with Crippen molar-refractivity contribution in [1.82, 2.24) is 19.4 Å². The van der Waals surface area contributed by atoms with Gasteiger partial charge in [0.05, 0.1) is 0 Å². The molecule has 0 bridgehead atoms. The molecule has 5 heteroatoms. The summed E-state index contributed by atoms with van der Waals surface area (Å²) in [6.45, 7) is -0.0267. The predicted octanol–water partition coefficient (Wildman–Crippen LogP) is 0.871. The standard InChI is InChI=1S/C12H11BN4/c1-2-6-12(7-3-1)13(16-10-4-8-14-16)17-11-5-9-15-17/h1-11H. The van der Waals surface area contributed by atoms with Crippen LogP contribution in [0.5, 0.6) is 0 Å². The lowest BCUT2D eigenvalue weighted by atomic mass is 9.68. The summed E-state index contributed by atoms with van der Waals surface area (Å²) in [6, 6.07) is 14.0. The van der Waals surface area contributed by atoms with E-state index in [1.165, 1.54) is 0 Å². The molecular formula is C12H11BN4. The highest BCUT2D eigenvalue weighted by molar-refractivity contribution is 6.69. The van der Waals surface area contributed by atoms with Gasteiger partial charge in [0.2, 0.25) is 0 Å². The molecule has 0 spiro atoms. The number of aromatic nitrogens is 4. The van der Waals surface area contributed by atoms with Crippen molar-refractivity contribution in [3.05, 3.63) is 67.3 Å². The SMILES string of the molecule is c1ccc(B(n2cccn2)n2cccn2)cc1. The van der Waals surface area contributed by atoms with Crippen LogP contribution in [0, 0.1) is 0 Å². The van der Waals surface area contributed by atoms with E-state index in [-0.39, 0.29) is 6.98 Å². The fourth-order valence-electron chi connectivity index (χ4n) is 1.90. The van der Waals surface area contributed by atoms with Crippen LogP contribution in [0.15, 0.2) is 67.3 Å². The van der Waals surface area contributed by atoms with Gasteiger partial charge in [0.25, 0.3) is 0 Å². The molecular weight excluding hydrogens is 211 g/mol. The van der Waals surface area contributed by atoms with Crippen LogP contribution in [0.25, 0.3) is 0 Å². The Hall–Kier alpha value is -2.30. The molecule has 3 rings (SSSR count). The summed E-state index contributed by atoms with van der Waals surface area (Å²) in [5.74, 6) is 0. The fraction of sp³-hybridized carbons (Fsp3) is 0. The minimum atomic E-state index is -0.0267. The van der Waals surface area contributed by atoms with Crippen LogP contribution < -0.4 is 5.46 Å². The zero-order valence-corrected chi connectivity index (χ0v) is 9.22. The van der Waals surface area contributed by atoms with Crippen molar-refractivity contribution in [3.63, 3.8) is 0 Å². The van der Waals surface area contributed by atoms with Crippen LogP contribution in [0.1, 0.15) is 0 Å². The van der Waals surface area contributed by atoms with E-state index in [1.807, 2.05) is 51.9 Å². The molecule has 0 unspecified atom stereocenters. The van der Waals surface area contributed by atoms with Crippen LogP contribution >= 0.6 is 0 Å². The van der Waals surface area contributed by atoms with Crippen molar-refractivity contribution in [1.29, 1.82) is 0 Å². The number of hydrogen-bond acceptors (Lipinski definition) is 2. The highest BCUT2D eigenvalue weighted by Gasteiger charge is 2.23. The number of nitrogens with zero attached hydrogens (tertiary/aromatic N) is 4. The summed E-state index contributed by atoms with van der Waals surface area (Å²) in [6.07, 6.45) is 7.44. The molecule has 0 saturated heterocycles. The van der Waals surface area contributed by atoms with Gasteiger partial charge in [0, 0.05) is 24.8 Å². The van der Waals surface area contributed by atoms with Gasteiger partial charge in [-0.2, -0.15) is 10.2 Å².